The highest BCUT2D eigenvalue weighted by molar-refractivity contribution is 5.93. The van der Waals surface area contributed by atoms with E-state index in [1.807, 2.05) is 12.1 Å². The Labute approximate surface area is 108 Å². The molecule has 98 valence electrons. The molecular weight excluding hydrogens is 226 g/mol. The SMILES string of the molecule is CN1CCCC(Nc2ccc(C(N)=O)cc2)CC1. The van der Waals surface area contributed by atoms with E-state index in [1.54, 1.807) is 12.1 Å². The quantitative estimate of drug-likeness (QED) is 0.854. The summed E-state index contributed by atoms with van der Waals surface area (Å²) in [5, 5.41) is 3.53. The third-order valence-electron chi connectivity index (χ3n) is 3.49. The number of likely N-dealkylation sites (tertiary alicyclic amines) is 1. The summed E-state index contributed by atoms with van der Waals surface area (Å²) in [6.07, 6.45) is 3.59. The molecule has 1 aromatic rings. The summed E-state index contributed by atoms with van der Waals surface area (Å²) >= 11 is 0. The molecule has 1 aliphatic heterocycles. The van der Waals surface area contributed by atoms with Gasteiger partial charge in [-0.25, -0.2) is 0 Å². The zero-order valence-electron chi connectivity index (χ0n) is 10.9. The first-order chi connectivity index (χ1) is 8.65. The Morgan fingerprint density at radius 1 is 1.28 bits per heavy atom. The van der Waals surface area contributed by atoms with Gasteiger partial charge >= 0.3 is 0 Å². The van der Waals surface area contributed by atoms with Gasteiger partial charge in [-0.05, 0) is 63.7 Å². The highest BCUT2D eigenvalue weighted by Gasteiger charge is 2.14. The van der Waals surface area contributed by atoms with E-state index in [1.165, 1.54) is 19.4 Å². The molecule has 0 aliphatic carbocycles. The predicted octanol–water partition coefficient (Wildman–Crippen LogP) is 1.68. The number of carbonyl (C=O) groups is 1. The van der Waals surface area contributed by atoms with Crippen molar-refractivity contribution in [2.24, 2.45) is 5.73 Å². The average Bonchev–Trinajstić information content (AvgIpc) is 2.55. The third kappa shape index (κ3) is 3.47. The number of rotatable bonds is 3. The Bertz CT molecular complexity index is 402. The van der Waals surface area contributed by atoms with Crippen molar-refractivity contribution < 1.29 is 4.79 Å². The molecule has 1 heterocycles. The van der Waals surface area contributed by atoms with Crippen molar-refractivity contribution in [2.45, 2.75) is 25.3 Å². The number of amides is 1. The van der Waals surface area contributed by atoms with Gasteiger partial charge in [0.15, 0.2) is 0 Å². The molecule has 1 amide bonds. The minimum Gasteiger partial charge on any atom is -0.382 e. The van der Waals surface area contributed by atoms with E-state index in [0.717, 1.165) is 18.7 Å². The summed E-state index contributed by atoms with van der Waals surface area (Å²) in [4.78, 5) is 13.4. The van der Waals surface area contributed by atoms with Gasteiger partial charge in [-0.15, -0.1) is 0 Å². The predicted molar refractivity (Wildman–Crippen MR) is 73.7 cm³/mol. The number of nitrogens with two attached hydrogens (primary N) is 1. The summed E-state index contributed by atoms with van der Waals surface area (Å²) < 4.78 is 0. The number of nitrogens with one attached hydrogen (secondary N) is 1. The molecule has 0 radical (unpaired) electrons. The molecule has 1 saturated heterocycles. The van der Waals surface area contributed by atoms with Gasteiger partial charge in [0.1, 0.15) is 0 Å². The van der Waals surface area contributed by atoms with Crippen LogP contribution in [0.4, 0.5) is 5.69 Å². The van der Waals surface area contributed by atoms with Crippen LogP contribution in [0.25, 0.3) is 0 Å². The Balaban J connectivity index is 1.94. The fourth-order valence-electron chi connectivity index (χ4n) is 2.35. The van der Waals surface area contributed by atoms with Crippen LogP contribution in [0.2, 0.25) is 0 Å². The Morgan fingerprint density at radius 2 is 2.00 bits per heavy atom. The fourth-order valence-corrected chi connectivity index (χ4v) is 2.35. The first kappa shape index (κ1) is 12.9. The van der Waals surface area contributed by atoms with E-state index in [9.17, 15) is 4.79 Å². The van der Waals surface area contributed by atoms with Crippen molar-refractivity contribution in [1.82, 2.24) is 4.90 Å². The van der Waals surface area contributed by atoms with Crippen LogP contribution in [0, 0.1) is 0 Å². The zero-order chi connectivity index (χ0) is 13.0. The lowest BCUT2D eigenvalue weighted by molar-refractivity contribution is 0.100. The molecule has 1 aromatic carbocycles. The van der Waals surface area contributed by atoms with E-state index in [2.05, 4.69) is 17.3 Å². The van der Waals surface area contributed by atoms with Crippen LogP contribution in [-0.2, 0) is 0 Å². The van der Waals surface area contributed by atoms with Crippen LogP contribution >= 0.6 is 0 Å². The van der Waals surface area contributed by atoms with E-state index >= 15 is 0 Å². The molecule has 0 bridgehead atoms. The summed E-state index contributed by atoms with van der Waals surface area (Å²) in [5.74, 6) is -0.377. The van der Waals surface area contributed by atoms with Crippen LogP contribution in [0.3, 0.4) is 0 Å². The number of primary amides is 1. The molecule has 0 saturated carbocycles. The third-order valence-corrected chi connectivity index (χ3v) is 3.49. The number of hydrogen-bond acceptors (Lipinski definition) is 3. The number of benzene rings is 1. The molecular formula is C14H21N3O. The van der Waals surface area contributed by atoms with Crippen molar-refractivity contribution in [3.05, 3.63) is 29.8 Å². The molecule has 4 nitrogen and oxygen atoms in total. The molecule has 1 fully saturated rings. The molecule has 3 N–H and O–H groups in total. The van der Waals surface area contributed by atoms with Crippen LogP contribution in [0.5, 0.6) is 0 Å². The zero-order valence-corrected chi connectivity index (χ0v) is 10.9. The maximum atomic E-state index is 11.0. The molecule has 0 aromatic heterocycles. The number of nitrogens with zero attached hydrogens (tertiary/aromatic N) is 1. The number of carbonyl (C=O) groups excluding carboxylic acids is 1. The highest BCUT2D eigenvalue weighted by atomic mass is 16.1. The first-order valence-corrected chi connectivity index (χ1v) is 6.50. The van der Waals surface area contributed by atoms with Crippen LogP contribution < -0.4 is 11.1 Å². The lowest BCUT2D eigenvalue weighted by atomic mass is 10.1. The van der Waals surface area contributed by atoms with Gasteiger partial charge in [0.25, 0.3) is 0 Å². The second-order valence-corrected chi connectivity index (χ2v) is 5.02. The van der Waals surface area contributed by atoms with E-state index in [0.29, 0.717) is 11.6 Å². The minimum absolute atomic E-state index is 0.377. The fraction of sp³-hybridized carbons (Fsp3) is 0.500. The van der Waals surface area contributed by atoms with E-state index in [4.69, 9.17) is 5.73 Å². The highest BCUT2D eigenvalue weighted by Crippen LogP contribution is 2.16. The maximum Gasteiger partial charge on any atom is 0.248 e. The topological polar surface area (TPSA) is 58.4 Å². The Kier molecular flexibility index (Phi) is 4.20. The molecule has 1 unspecified atom stereocenters. The van der Waals surface area contributed by atoms with Gasteiger partial charge in [-0.1, -0.05) is 0 Å². The Hall–Kier alpha value is -1.55. The second-order valence-electron chi connectivity index (χ2n) is 5.02. The number of hydrogen-bond donors (Lipinski definition) is 2. The molecule has 1 aliphatic rings. The van der Waals surface area contributed by atoms with Crippen molar-refractivity contribution in [3.63, 3.8) is 0 Å². The lowest BCUT2D eigenvalue weighted by Crippen LogP contribution is -2.23. The molecule has 4 heteroatoms. The van der Waals surface area contributed by atoms with Crippen LogP contribution in [0.15, 0.2) is 24.3 Å². The molecule has 18 heavy (non-hydrogen) atoms. The standard InChI is InChI=1S/C14H21N3O/c1-17-9-2-3-12(8-10-17)16-13-6-4-11(5-7-13)14(15)18/h4-7,12,16H,2-3,8-10H2,1H3,(H2,15,18). The number of anilines is 1. The van der Waals surface area contributed by atoms with E-state index < -0.39 is 0 Å². The van der Waals surface area contributed by atoms with E-state index in [-0.39, 0.29) is 5.91 Å². The van der Waals surface area contributed by atoms with Crippen LogP contribution in [-0.4, -0.2) is 37.0 Å². The normalized spacial score (nSPS) is 21.3. The van der Waals surface area contributed by atoms with Crippen molar-refractivity contribution >= 4 is 11.6 Å². The molecule has 0 spiro atoms. The molecule has 1 atom stereocenters. The van der Waals surface area contributed by atoms with Gasteiger partial charge in [-0.2, -0.15) is 0 Å². The van der Waals surface area contributed by atoms with Gasteiger partial charge in [0, 0.05) is 17.3 Å². The Morgan fingerprint density at radius 3 is 2.67 bits per heavy atom. The minimum atomic E-state index is -0.377. The van der Waals surface area contributed by atoms with Crippen molar-refractivity contribution in [1.29, 1.82) is 0 Å². The monoisotopic (exact) mass is 247 g/mol. The van der Waals surface area contributed by atoms with Crippen LogP contribution in [0.1, 0.15) is 29.6 Å². The van der Waals surface area contributed by atoms with Gasteiger partial charge in [-0.3, -0.25) is 4.79 Å². The van der Waals surface area contributed by atoms with Crippen molar-refractivity contribution in [2.75, 3.05) is 25.5 Å². The van der Waals surface area contributed by atoms with Crippen molar-refractivity contribution in [3.8, 4) is 0 Å². The summed E-state index contributed by atoms with van der Waals surface area (Å²) in [7, 11) is 2.17. The van der Waals surface area contributed by atoms with Gasteiger partial charge < -0.3 is 16.0 Å². The lowest BCUT2D eigenvalue weighted by Gasteiger charge is -2.18. The summed E-state index contributed by atoms with van der Waals surface area (Å²) in [5.41, 5.74) is 6.84. The summed E-state index contributed by atoms with van der Waals surface area (Å²) in [6.45, 7) is 2.32. The van der Waals surface area contributed by atoms with Gasteiger partial charge in [0.05, 0.1) is 0 Å². The largest absolute Gasteiger partial charge is 0.382 e. The first-order valence-electron chi connectivity index (χ1n) is 6.50. The summed E-state index contributed by atoms with van der Waals surface area (Å²) in [6, 6.07) is 7.92. The van der Waals surface area contributed by atoms with Gasteiger partial charge in [0.2, 0.25) is 5.91 Å². The maximum absolute atomic E-state index is 11.0. The molecule has 2 rings (SSSR count). The second kappa shape index (κ2) is 5.87. The smallest absolute Gasteiger partial charge is 0.248 e. The average molecular weight is 247 g/mol.